The Morgan fingerprint density at radius 2 is 0.919 bits per heavy atom. The SMILES string of the molecule is CCCCCCCCCc1c(S(=O)(=O)[O-])c(S(=O)(=O)[O-])c2ccccc2c1CCCCCCCCC.[Ba+2]. The Balaban J connectivity index is 0.00000684. The fourth-order valence-electron chi connectivity index (χ4n) is 5.08. The summed E-state index contributed by atoms with van der Waals surface area (Å²) in [5, 5.41) is 0.589. The molecule has 9 heteroatoms. The summed E-state index contributed by atoms with van der Waals surface area (Å²) in [5.74, 6) is 0. The van der Waals surface area contributed by atoms with Crippen LogP contribution >= 0.6 is 0 Å². The summed E-state index contributed by atoms with van der Waals surface area (Å²) in [4.78, 5) is -1.70. The van der Waals surface area contributed by atoms with E-state index < -0.39 is 30.0 Å². The van der Waals surface area contributed by atoms with Crippen LogP contribution in [0.2, 0.25) is 0 Å². The molecule has 0 amide bonds. The molecule has 0 spiro atoms. The summed E-state index contributed by atoms with van der Waals surface area (Å²) in [6, 6.07) is 6.48. The van der Waals surface area contributed by atoms with E-state index in [1.807, 2.05) is 0 Å². The van der Waals surface area contributed by atoms with Crippen LogP contribution in [0.15, 0.2) is 34.1 Å². The number of aryl methyl sites for hydroxylation is 1. The molecular formula is C28H42BaO6S2. The first kappa shape index (κ1) is 35.1. The smallest absolute Gasteiger partial charge is 0.744 e. The molecule has 0 aliphatic heterocycles. The zero-order valence-corrected chi connectivity index (χ0v) is 28.7. The number of benzene rings is 2. The Kier molecular flexibility index (Phi) is 16.8. The topological polar surface area (TPSA) is 114 Å². The molecule has 0 aliphatic carbocycles. The minimum absolute atomic E-state index is 0. The first-order valence-corrected chi connectivity index (χ1v) is 16.4. The summed E-state index contributed by atoms with van der Waals surface area (Å²) in [6.45, 7) is 4.32. The first-order valence-electron chi connectivity index (χ1n) is 13.6. The molecule has 0 fully saturated rings. The molecule has 204 valence electrons. The van der Waals surface area contributed by atoms with Gasteiger partial charge in [0.1, 0.15) is 20.2 Å². The second-order valence-electron chi connectivity index (χ2n) is 9.81. The van der Waals surface area contributed by atoms with Crippen LogP contribution in [0.25, 0.3) is 10.8 Å². The van der Waals surface area contributed by atoms with Crippen molar-refractivity contribution in [2.75, 3.05) is 0 Å². The van der Waals surface area contributed by atoms with Gasteiger partial charge in [-0.3, -0.25) is 0 Å². The summed E-state index contributed by atoms with van der Waals surface area (Å²) in [6.07, 6.45) is 15.4. The van der Waals surface area contributed by atoms with E-state index in [0.29, 0.717) is 23.8 Å². The Morgan fingerprint density at radius 3 is 1.35 bits per heavy atom. The molecule has 0 aromatic heterocycles. The zero-order valence-electron chi connectivity index (χ0n) is 22.6. The van der Waals surface area contributed by atoms with Crippen LogP contribution in [0.4, 0.5) is 0 Å². The second-order valence-corrected chi connectivity index (χ2v) is 12.4. The molecular weight excluding hydrogens is 634 g/mol. The van der Waals surface area contributed by atoms with Crippen molar-refractivity contribution in [3.05, 3.63) is 35.4 Å². The molecule has 0 bridgehead atoms. The Morgan fingerprint density at radius 1 is 0.541 bits per heavy atom. The minimum atomic E-state index is -5.20. The maximum Gasteiger partial charge on any atom is 2.00 e. The van der Waals surface area contributed by atoms with Crippen LogP contribution in [0.1, 0.15) is 115 Å². The van der Waals surface area contributed by atoms with Gasteiger partial charge >= 0.3 is 48.9 Å². The van der Waals surface area contributed by atoms with E-state index in [1.165, 1.54) is 31.7 Å². The summed E-state index contributed by atoms with van der Waals surface area (Å²) in [7, 11) is -10.4. The van der Waals surface area contributed by atoms with E-state index in [0.717, 1.165) is 57.8 Å². The van der Waals surface area contributed by atoms with Gasteiger partial charge in [0.05, 0.1) is 9.79 Å². The third kappa shape index (κ3) is 11.2. The number of fused-ring (bicyclic) bond motifs is 1. The number of rotatable bonds is 18. The summed E-state index contributed by atoms with van der Waals surface area (Å²) < 4.78 is 74.2. The van der Waals surface area contributed by atoms with E-state index >= 15 is 0 Å². The quantitative estimate of drug-likeness (QED) is 0.0970. The van der Waals surface area contributed by atoms with E-state index in [1.54, 1.807) is 18.2 Å². The van der Waals surface area contributed by atoms with E-state index in [9.17, 15) is 25.9 Å². The molecule has 0 aliphatic rings. The minimum Gasteiger partial charge on any atom is -0.744 e. The Labute approximate surface area is 265 Å². The van der Waals surface area contributed by atoms with Gasteiger partial charge in [0, 0.05) is 5.39 Å². The van der Waals surface area contributed by atoms with Gasteiger partial charge in [-0.25, -0.2) is 16.8 Å². The van der Waals surface area contributed by atoms with Gasteiger partial charge < -0.3 is 9.11 Å². The van der Waals surface area contributed by atoms with Crippen LogP contribution in [-0.2, 0) is 33.1 Å². The van der Waals surface area contributed by atoms with E-state index in [4.69, 9.17) is 0 Å². The van der Waals surface area contributed by atoms with E-state index in [2.05, 4.69) is 13.8 Å². The fourth-order valence-corrected chi connectivity index (χ4v) is 7.36. The first-order chi connectivity index (χ1) is 17.1. The number of unbranched alkanes of at least 4 members (excludes halogenated alkanes) is 12. The van der Waals surface area contributed by atoms with Gasteiger partial charge in [0.15, 0.2) is 0 Å². The van der Waals surface area contributed by atoms with Crippen molar-refractivity contribution in [2.45, 2.75) is 126 Å². The van der Waals surface area contributed by atoms with Crippen LogP contribution in [-0.4, -0.2) is 74.8 Å². The normalized spacial score (nSPS) is 12.1. The van der Waals surface area contributed by atoms with Crippen molar-refractivity contribution in [1.29, 1.82) is 0 Å². The predicted octanol–water partition coefficient (Wildman–Crippen LogP) is 6.85. The number of hydrogen-bond donors (Lipinski definition) is 0. The fraction of sp³-hybridized carbons (Fsp3) is 0.643. The summed E-state index contributed by atoms with van der Waals surface area (Å²) in [5.41, 5.74) is 0.935. The average Bonchev–Trinajstić information content (AvgIpc) is 2.81. The van der Waals surface area contributed by atoms with Crippen molar-refractivity contribution in [1.82, 2.24) is 0 Å². The van der Waals surface area contributed by atoms with Crippen molar-refractivity contribution in [3.63, 3.8) is 0 Å². The van der Waals surface area contributed by atoms with Gasteiger partial charge in [-0.2, -0.15) is 0 Å². The zero-order chi connectivity index (χ0) is 26.6. The van der Waals surface area contributed by atoms with Gasteiger partial charge in [0.2, 0.25) is 0 Å². The average molecular weight is 676 g/mol. The van der Waals surface area contributed by atoms with Crippen LogP contribution < -0.4 is 0 Å². The molecule has 0 saturated heterocycles. The Bertz CT molecular complexity index is 1180. The predicted molar refractivity (Wildman–Crippen MR) is 149 cm³/mol. The van der Waals surface area contributed by atoms with Crippen LogP contribution in [0, 0.1) is 0 Å². The maximum atomic E-state index is 12.4. The molecule has 2 aromatic carbocycles. The van der Waals surface area contributed by atoms with Crippen LogP contribution in [0.3, 0.4) is 0 Å². The van der Waals surface area contributed by atoms with Gasteiger partial charge in [-0.1, -0.05) is 115 Å². The third-order valence-corrected chi connectivity index (χ3v) is 8.91. The van der Waals surface area contributed by atoms with Crippen molar-refractivity contribution in [3.8, 4) is 0 Å². The number of hydrogen-bond acceptors (Lipinski definition) is 6. The molecule has 0 radical (unpaired) electrons. The standard InChI is InChI=1S/C28H44O6S2.Ba/c1-3-5-7-9-11-13-15-19-23-24-20-17-18-22-26(24)28(36(32,33)34)27(35(29,30)31)25(23)21-16-14-12-10-8-6-4-2;/h17-18,20,22H,3-16,19,21H2,1-2H3,(H,29,30,31)(H,32,33,34);/q;+2/p-2. The maximum absolute atomic E-state index is 12.4. The van der Waals surface area contributed by atoms with E-state index in [-0.39, 0.29) is 66.3 Å². The molecule has 0 saturated carbocycles. The molecule has 0 unspecified atom stereocenters. The van der Waals surface area contributed by atoms with Gasteiger partial charge in [-0.15, -0.1) is 0 Å². The Hall–Kier alpha value is 0.0914. The molecule has 0 atom stereocenters. The third-order valence-electron chi connectivity index (χ3n) is 6.90. The van der Waals surface area contributed by atoms with Crippen LogP contribution in [0.5, 0.6) is 0 Å². The summed E-state index contributed by atoms with van der Waals surface area (Å²) >= 11 is 0. The molecule has 6 nitrogen and oxygen atoms in total. The molecule has 0 heterocycles. The van der Waals surface area contributed by atoms with Gasteiger partial charge in [-0.05, 0) is 42.2 Å². The van der Waals surface area contributed by atoms with Gasteiger partial charge in [0.25, 0.3) is 0 Å². The molecule has 2 aromatic rings. The molecule has 0 N–H and O–H groups in total. The van der Waals surface area contributed by atoms with Crippen molar-refractivity contribution in [2.24, 2.45) is 0 Å². The monoisotopic (exact) mass is 676 g/mol. The van der Waals surface area contributed by atoms with Crippen molar-refractivity contribution < 1.29 is 25.9 Å². The largest absolute Gasteiger partial charge is 2.00 e. The molecule has 2 rings (SSSR count). The second kappa shape index (κ2) is 17.7. The molecule has 37 heavy (non-hydrogen) atoms. The van der Waals surface area contributed by atoms with Crippen molar-refractivity contribution >= 4 is 79.9 Å².